The molecule has 2 unspecified atom stereocenters. The molecule has 1 fully saturated rings. The van der Waals surface area contributed by atoms with E-state index >= 15 is 0 Å². The average Bonchev–Trinajstić information content (AvgIpc) is 2.93. The molecule has 0 saturated carbocycles. The maximum atomic E-state index is 12.0. The molecule has 0 amide bonds. The molecule has 2 rings (SSSR count). The third-order valence-corrected chi connectivity index (χ3v) is 7.44. The fraction of sp³-hybridized carbons (Fsp3) is 0.600. The summed E-state index contributed by atoms with van der Waals surface area (Å²) in [5, 5.41) is 13.5. The van der Waals surface area contributed by atoms with Gasteiger partial charge in [-0.3, -0.25) is 18.9 Å². The smallest absolute Gasteiger partial charge is 0.386 e. The normalized spacial score (nSPS) is 26.8. The zero-order valence-corrected chi connectivity index (χ0v) is 18.5. The first-order valence-corrected chi connectivity index (χ1v) is 12.7. The highest BCUT2D eigenvalue weighted by Gasteiger charge is 2.48. The van der Waals surface area contributed by atoms with Crippen LogP contribution in [0.25, 0.3) is 10.4 Å². The van der Waals surface area contributed by atoms with E-state index in [0.717, 1.165) is 16.8 Å². The Morgan fingerprint density at radius 2 is 1.85 bits per heavy atom. The van der Waals surface area contributed by atoms with Crippen LogP contribution in [0.4, 0.5) is 0 Å². The lowest BCUT2D eigenvalue weighted by molar-refractivity contribution is -0.0602. The van der Waals surface area contributed by atoms with E-state index in [1.54, 1.807) is 0 Å². The van der Waals surface area contributed by atoms with Crippen molar-refractivity contribution in [3.63, 3.8) is 0 Å². The molecule has 0 aromatic carbocycles. The highest BCUT2D eigenvalue weighted by atomic mass is 31.3. The minimum Gasteiger partial charge on any atom is -0.386 e. The van der Waals surface area contributed by atoms with Crippen LogP contribution >= 0.6 is 23.5 Å². The van der Waals surface area contributed by atoms with Gasteiger partial charge in [-0.1, -0.05) is 5.11 Å². The molecule has 0 bridgehead atoms. The fourth-order valence-electron chi connectivity index (χ4n) is 2.53. The predicted molar refractivity (Wildman–Crippen MR) is 99.9 cm³/mol. The van der Waals surface area contributed by atoms with Crippen LogP contribution in [0.15, 0.2) is 27.0 Å². The summed E-state index contributed by atoms with van der Waals surface area (Å²) in [6.45, 7) is -1.70. The number of ether oxygens (including phenoxy) is 2. The number of phosphoric acid groups is 3. The van der Waals surface area contributed by atoms with Crippen molar-refractivity contribution in [2.45, 2.75) is 24.5 Å². The highest BCUT2D eigenvalue weighted by Crippen LogP contribution is 2.66. The van der Waals surface area contributed by atoms with Crippen molar-refractivity contribution in [3.05, 3.63) is 43.5 Å². The monoisotopic (exact) mass is 539 g/mol. The van der Waals surface area contributed by atoms with Crippen molar-refractivity contribution in [2.75, 3.05) is 13.3 Å². The minimum absolute atomic E-state index is 0.666. The maximum absolute atomic E-state index is 12.0. The molecule has 1 aromatic rings. The molecule has 1 saturated heterocycles. The van der Waals surface area contributed by atoms with E-state index in [-0.39, 0.29) is 0 Å². The van der Waals surface area contributed by atoms with Gasteiger partial charge in [0.15, 0.2) is 6.23 Å². The summed E-state index contributed by atoms with van der Waals surface area (Å²) in [5.74, 6) is 0. The van der Waals surface area contributed by atoms with E-state index in [9.17, 15) is 33.3 Å². The van der Waals surface area contributed by atoms with Crippen molar-refractivity contribution in [3.8, 4) is 0 Å². The number of rotatable bonds is 11. The van der Waals surface area contributed by atoms with Crippen LogP contribution in [0.2, 0.25) is 0 Å². The number of phosphoric ester groups is 1. The second-order valence-electron chi connectivity index (χ2n) is 5.95. The van der Waals surface area contributed by atoms with Crippen LogP contribution < -0.4 is 11.2 Å². The number of hydrogen-bond donors (Lipinski definition) is 6. The number of aliphatic hydroxyl groups excluding tert-OH is 1. The summed E-state index contributed by atoms with van der Waals surface area (Å²) < 4.78 is 56.7. The number of aromatic amines is 1. The molecule has 1 aliphatic heterocycles. The highest BCUT2D eigenvalue weighted by molar-refractivity contribution is 7.66. The van der Waals surface area contributed by atoms with Crippen LogP contribution in [-0.2, 0) is 36.3 Å². The lowest BCUT2D eigenvalue weighted by Crippen LogP contribution is -2.39. The first kappa shape index (κ1) is 27.5. The zero-order valence-electron chi connectivity index (χ0n) is 15.8. The second kappa shape index (κ2) is 10.7. The van der Waals surface area contributed by atoms with E-state index in [4.69, 9.17) is 29.7 Å². The van der Waals surface area contributed by atoms with Gasteiger partial charge >= 0.3 is 29.2 Å². The van der Waals surface area contributed by atoms with E-state index in [2.05, 4.69) is 23.2 Å². The SMILES string of the molecule is [N-]=[N+]=NCO[C@H]1[C@@H](O)[C@H](n2ccc(=O)[nH]c2=O)O[C@@H]1COP(=O)(O)OP(=O)(O)OP(=O)(O)O. The van der Waals surface area contributed by atoms with Gasteiger partial charge < -0.3 is 34.2 Å². The largest absolute Gasteiger partial charge is 0.490 e. The molecule has 186 valence electrons. The molecule has 0 radical (unpaired) electrons. The molecule has 1 aliphatic rings. The number of aliphatic hydroxyl groups is 1. The number of azide groups is 1. The first-order chi connectivity index (χ1) is 15.1. The van der Waals surface area contributed by atoms with Crippen LogP contribution in [0.3, 0.4) is 0 Å². The Hall–Kier alpha value is -1.72. The molecular weight excluding hydrogens is 523 g/mol. The Morgan fingerprint density at radius 1 is 1.18 bits per heavy atom. The van der Waals surface area contributed by atoms with Gasteiger partial charge in [0.05, 0.1) is 6.61 Å². The van der Waals surface area contributed by atoms with Crippen molar-refractivity contribution in [1.82, 2.24) is 9.55 Å². The van der Waals surface area contributed by atoms with Crippen molar-refractivity contribution >= 4 is 23.5 Å². The zero-order chi connectivity index (χ0) is 25.0. The summed E-state index contributed by atoms with van der Waals surface area (Å²) in [5.41, 5.74) is 6.57. The first-order valence-electron chi connectivity index (χ1n) is 8.20. The molecule has 23 heteroatoms. The Bertz CT molecular complexity index is 1160. The van der Waals surface area contributed by atoms with Gasteiger partial charge in [-0.15, -0.1) is 0 Å². The maximum Gasteiger partial charge on any atom is 0.490 e. The number of nitrogens with one attached hydrogen (secondary N) is 1. The summed E-state index contributed by atoms with van der Waals surface area (Å²) in [7, 11) is -16.9. The number of nitrogens with zero attached hydrogens (tertiary/aromatic N) is 4. The lowest BCUT2D eigenvalue weighted by Gasteiger charge is -2.21. The van der Waals surface area contributed by atoms with Crippen molar-refractivity contribution in [1.29, 1.82) is 0 Å². The third-order valence-electron chi connectivity index (χ3n) is 3.64. The lowest BCUT2D eigenvalue weighted by atomic mass is 10.1. The molecular formula is C10H16N5O15P3. The molecule has 33 heavy (non-hydrogen) atoms. The average molecular weight is 539 g/mol. The van der Waals surface area contributed by atoms with E-state index < -0.39 is 72.6 Å². The summed E-state index contributed by atoms with van der Waals surface area (Å²) in [6.07, 6.45) is -5.27. The Labute approximate surface area is 181 Å². The standard InChI is InChI=1S/C10H16N5O15P3/c11-14-12-4-26-8-5(3-27-32(22,23)30-33(24,25)29-31(19,20)21)28-9(7(8)17)15-2-1-6(16)13-10(15)18/h1-2,5,7-9,17H,3-4H2,(H,22,23)(H,24,25)(H,13,16,18)(H2,19,20,21)/t5-,7-,8-,9-/m1/s1. The van der Waals surface area contributed by atoms with Gasteiger partial charge in [-0.05, 0) is 5.53 Å². The van der Waals surface area contributed by atoms with Crippen molar-refractivity contribution < 1.29 is 61.0 Å². The molecule has 6 atom stereocenters. The topological polar surface area (TPSA) is 302 Å². The van der Waals surface area contributed by atoms with Crippen LogP contribution in [0.5, 0.6) is 0 Å². The van der Waals surface area contributed by atoms with Crippen LogP contribution in [0.1, 0.15) is 6.23 Å². The second-order valence-corrected chi connectivity index (χ2v) is 10.4. The molecule has 0 spiro atoms. The van der Waals surface area contributed by atoms with Gasteiger partial charge in [0, 0.05) is 17.2 Å². The van der Waals surface area contributed by atoms with Gasteiger partial charge in [-0.2, -0.15) is 8.62 Å². The number of H-pyrrole nitrogens is 1. The van der Waals surface area contributed by atoms with E-state index in [0.29, 0.717) is 0 Å². The third kappa shape index (κ3) is 8.22. The number of aromatic nitrogens is 2. The molecule has 20 nitrogen and oxygen atoms in total. The van der Waals surface area contributed by atoms with Crippen LogP contribution in [-0.4, -0.2) is 65.9 Å². The quantitative estimate of drug-likeness (QED) is 0.0832. The van der Waals surface area contributed by atoms with Crippen molar-refractivity contribution in [2.24, 2.45) is 5.11 Å². The van der Waals surface area contributed by atoms with Crippen LogP contribution in [0, 0.1) is 0 Å². The summed E-state index contributed by atoms with van der Waals surface area (Å²) in [6, 6.07) is 0.923. The van der Waals surface area contributed by atoms with E-state index in [1.807, 2.05) is 4.98 Å². The molecule has 6 N–H and O–H groups in total. The number of hydrogen-bond acceptors (Lipinski definition) is 12. The van der Waals surface area contributed by atoms with Gasteiger partial charge in [-0.25, -0.2) is 18.5 Å². The molecule has 1 aromatic heterocycles. The fourth-order valence-corrected chi connectivity index (χ4v) is 5.56. The molecule has 0 aliphatic carbocycles. The predicted octanol–water partition coefficient (Wildman–Crippen LogP) is -1.21. The van der Waals surface area contributed by atoms with Gasteiger partial charge in [0.2, 0.25) is 0 Å². The van der Waals surface area contributed by atoms with Gasteiger partial charge in [0.25, 0.3) is 5.56 Å². The summed E-state index contributed by atoms with van der Waals surface area (Å²) in [4.78, 5) is 63.2. The molecule has 2 heterocycles. The minimum atomic E-state index is -5.77. The Kier molecular flexibility index (Phi) is 8.92. The Balaban J connectivity index is 2.19. The van der Waals surface area contributed by atoms with Gasteiger partial charge in [0.1, 0.15) is 25.0 Å². The van der Waals surface area contributed by atoms with E-state index in [1.165, 1.54) is 0 Å². The Morgan fingerprint density at radius 3 is 2.42 bits per heavy atom. The summed E-state index contributed by atoms with van der Waals surface area (Å²) >= 11 is 0.